The van der Waals surface area contributed by atoms with Crippen LogP contribution in [-0.4, -0.2) is 24.4 Å². The van der Waals surface area contributed by atoms with Gasteiger partial charge in [0.2, 0.25) is 0 Å². The number of aromatic nitrogens is 2. The van der Waals surface area contributed by atoms with Gasteiger partial charge < -0.3 is 4.74 Å². The number of anilines is 1. The average molecular weight is 299 g/mol. The van der Waals surface area contributed by atoms with Gasteiger partial charge in [-0.3, -0.25) is 9.71 Å². The molecule has 6 nitrogen and oxygen atoms in total. The highest BCUT2D eigenvalue weighted by Crippen LogP contribution is 2.26. The maximum atomic E-state index is 12.3. The predicted octanol–water partition coefficient (Wildman–Crippen LogP) is 2.05. The van der Waals surface area contributed by atoms with Crippen molar-refractivity contribution >= 4 is 27.2 Å². The molecule has 8 heteroatoms. The van der Waals surface area contributed by atoms with Gasteiger partial charge >= 0.3 is 0 Å². The first-order valence-electron chi connectivity index (χ1n) is 5.55. The molecule has 0 unspecified atom stereocenters. The molecule has 0 spiro atoms. The monoisotopic (exact) mass is 299 g/mol. The quantitative estimate of drug-likeness (QED) is 0.913. The lowest BCUT2D eigenvalue weighted by molar-refractivity contribution is 0.330. The molecule has 0 aliphatic rings. The smallest absolute Gasteiger partial charge is 0.267 e. The van der Waals surface area contributed by atoms with Crippen LogP contribution in [0.15, 0.2) is 28.7 Å². The molecular formula is C11H13N3O3S2. The Hall–Kier alpha value is -1.67. The van der Waals surface area contributed by atoms with Gasteiger partial charge in [-0.2, -0.15) is 4.37 Å². The molecule has 19 heavy (non-hydrogen) atoms. The van der Waals surface area contributed by atoms with Crippen LogP contribution >= 0.6 is 11.5 Å². The summed E-state index contributed by atoms with van der Waals surface area (Å²) >= 11 is 1.19. The van der Waals surface area contributed by atoms with Crippen LogP contribution in [0, 0.1) is 6.92 Å². The molecule has 2 rings (SSSR count). The number of hydrogen-bond donors (Lipinski definition) is 1. The molecule has 0 aliphatic heterocycles. The maximum Gasteiger partial charge on any atom is 0.267 e. The molecule has 0 bridgehead atoms. The van der Waals surface area contributed by atoms with Gasteiger partial charge in [-0.15, -0.1) is 0 Å². The Morgan fingerprint density at radius 2 is 2.26 bits per heavy atom. The molecule has 2 heterocycles. The van der Waals surface area contributed by atoms with Gasteiger partial charge in [-0.25, -0.2) is 8.42 Å². The Morgan fingerprint density at radius 3 is 2.89 bits per heavy atom. The lowest BCUT2D eigenvalue weighted by Gasteiger charge is -2.11. The summed E-state index contributed by atoms with van der Waals surface area (Å²) in [6.45, 7) is 3.91. The molecule has 0 saturated carbocycles. The van der Waals surface area contributed by atoms with Gasteiger partial charge in [0.25, 0.3) is 10.0 Å². The highest BCUT2D eigenvalue weighted by molar-refractivity contribution is 7.92. The van der Waals surface area contributed by atoms with E-state index in [4.69, 9.17) is 4.74 Å². The highest BCUT2D eigenvalue weighted by atomic mass is 32.2. The minimum atomic E-state index is -3.73. The normalized spacial score (nSPS) is 11.3. The van der Waals surface area contributed by atoms with Crippen molar-refractivity contribution < 1.29 is 13.2 Å². The van der Waals surface area contributed by atoms with E-state index in [1.54, 1.807) is 19.2 Å². The lowest BCUT2D eigenvalue weighted by Crippen LogP contribution is -2.15. The summed E-state index contributed by atoms with van der Waals surface area (Å²) in [5.41, 5.74) is 1.10. The third-order valence-corrected chi connectivity index (χ3v) is 4.42. The van der Waals surface area contributed by atoms with Gasteiger partial charge in [0.05, 0.1) is 24.2 Å². The second-order valence-corrected chi connectivity index (χ2v) is 5.95. The van der Waals surface area contributed by atoms with Crippen LogP contribution in [0.4, 0.5) is 5.69 Å². The molecule has 0 aliphatic carbocycles. The van der Waals surface area contributed by atoms with E-state index < -0.39 is 10.0 Å². The first-order valence-corrected chi connectivity index (χ1v) is 7.87. The molecule has 2 aromatic rings. The summed E-state index contributed by atoms with van der Waals surface area (Å²) in [5.74, 6) is 0.283. The number of ether oxygens (including phenoxy) is 1. The Balaban J connectivity index is 2.37. The standard InChI is InChI=1S/C11H13N3O3S2/c1-3-17-10-4-5-12-6-11(10)19(15,16)14-9-7-18-13-8(9)2/h4-7,14H,3H2,1-2H3. The number of nitrogens with zero attached hydrogens (tertiary/aromatic N) is 2. The Morgan fingerprint density at radius 1 is 1.47 bits per heavy atom. The summed E-state index contributed by atoms with van der Waals surface area (Å²) in [5, 5.41) is 1.64. The van der Waals surface area contributed by atoms with Crippen LogP contribution in [0.1, 0.15) is 12.6 Å². The van der Waals surface area contributed by atoms with E-state index >= 15 is 0 Å². The van der Waals surface area contributed by atoms with Crippen LogP contribution < -0.4 is 9.46 Å². The van der Waals surface area contributed by atoms with Crippen LogP contribution in [0.25, 0.3) is 0 Å². The maximum absolute atomic E-state index is 12.3. The second-order valence-electron chi connectivity index (χ2n) is 3.67. The van der Waals surface area contributed by atoms with E-state index in [1.165, 1.54) is 30.0 Å². The van der Waals surface area contributed by atoms with E-state index in [9.17, 15) is 8.42 Å². The first-order chi connectivity index (χ1) is 9.04. The van der Waals surface area contributed by atoms with Gasteiger partial charge in [0.1, 0.15) is 10.6 Å². The zero-order chi connectivity index (χ0) is 13.9. The molecular weight excluding hydrogens is 286 g/mol. The van der Waals surface area contributed by atoms with Crippen molar-refractivity contribution in [3.63, 3.8) is 0 Å². The molecule has 0 amide bonds. The zero-order valence-electron chi connectivity index (χ0n) is 10.5. The van der Waals surface area contributed by atoms with Crippen molar-refractivity contribution in [2.45, 2.75) is 18.7 Å². The van der Waals surface area contributed by atoms with Gasteiger partial charge in [0, 0.05) is 11.6 Å². The third-order valence-electron chi connectivity index (χ3n) is 2.33. The minimum absolute atomic E-state index is 0.0162. The largest absolute Gasteiger partial charge is 0.492 e. The molecule has 0 aromatic carbocycles. The van der Waals surface area contributed by atoms with Crippen LogP contribution in [0.5, 0.6) is 5.75 Å². The minimum Gasteiger partial charge on any atom is -0.492 e. The summed E-state index contributed by atoms with van der Waals surface area (Å²) < 4.78 is 36.4. The molecule has 0 fully saturated rings. The summed E-state index contributed by atoms with van der Waals surface area (Å²) in [6, 6.07) is 1.52. The Bertz CT molecular complexity index is 667. The number of sulfonamides is 1. The average Bonchev–Trinajstić information content (AvgIpc) is 2.75. The van der Waals surface area contributed by atoms with Gasteiger partial charge in [-0.05, 0) is 31.4 Å². The fraction of sp³-hybridized carbons (Fsp3) is 0.273. The van der Waals surface area contributed by atoms with Crippen molar-refractivity contribution in [3.8, 4) is 5.75 Å². The topological polar surface area (TPSA) is 81.2 Å². The van der Waals surface area contributed by atoms with E-state index in [0.717, 1.165) is 0 Å². The van der Waals surface area contributed by atoms with Gasteiger partial charge in [0.15, 0.2) is 0 Å². The van der Waals surface area contributed by atoms with Crippen LogP contribution in [-0.2, 0) is 10.0 Å². The number of hydrogen-bond acceptors (Lipinski definition) is 6. The van der Waals surface area contributed by atoms with E-state index in [-0.39, 0.29) is 10.6 Å². The number of pyridine rings is 1. The van der Waals surface area contributed by atoms with Gasteiger partial charge in [-0.1, -0.05) is 0 Å². The summed E-state index contributed by atoms with van der Waals surface area (Å²) in [4.78, 5) is 3.85. The van der Waals surface area contributed by atoms with Crippen molar-refractivity contribution in [2.24, 2.45) is 0 Å². The number of rotatable bonds is 5. The van der Waals surface area contributed by atoms with E-state index in [2.05, 4.69) is 14.1 Å². The molecule has 0 atom stereocenters. The van der Waals surface area contributed by atoms with E-state index in [1.807, 2.05) is 0 Å². The molecule has 0 radical (unpaired) electrons. The van der Waals surface area contributed by atoms with Crippen molar-refractivity contribution in [2.75, 3.05) is 11.3 Å². The lowest BCUT2D eigenvalue weighted by atomic mass is 10.4. The fourth-order valence-electron chi connectivity index (χ4n) is 1.43. The Kier molecular flexibility index (Phi) is 4.01. The summed E-state index contributed by atoms with van der Waals surface area (Å²) in [6.07, 6.45) is 2.75. The number of aryl methyl sites for hydroxylation is 1. The predicted molar refractivity (Wildman–Crippen MR) is 73.1 cm³/mol. The number of nitrogens with one attached hydrogen (secondary N) is 1. The summed E-state index contributed by atoms with van der Waals surface area (Å²) in [7, 11) is -3.73. The Labute approximate surface area is 115 Å². The second kappa shape index (κ2) is 5.54. The van der Waals surface area contributed by atoms with Crippen molar-refractivity contribution in [3.05, 3.63) is 29.5 Å². The van der Waals surface area contributed by atoms with Crippen LogP contribution in [0.2, 0.25) is 0 Å². The third kappa shape index (κ3) is 3.02. The molecule has 1 N–H and O–H groups in total. The van der Waals surface area contributed by atoms with Crippen LogP contribution in [0.3, 0.4) is 0 Å². The molecule has 2 aromatic heterocycles. The zero-order valence-corrected chi connectivity index (χ0v) is 12.1. The SMILES string of the molecule is CCOc1ccncc1S(=O)(=O)Nc1csnc1C. The van der Waals surface area contributed by atoms with E-state index in [0.29, 0.717) is 18.0 Å². The first kappa shape index (κ1) is 13.8. The fourth-order valence-corrected chi connectivity index (χ4v) is 3.35. The van der Waals surface area contributed by atoms with Crippen molar-refractivity contribution in [1.82, 2.24) is 9.36 Å². The molecule has 0 saturated heterocycles. The highest BCUT2D eigenvalue weighted by Gasteiger charge is 2.21. The molecule has 102 valence electrons. The van der Waals surface area contributed by atoms with Crippen molar-refractivity contribution in [1.29, 1.82) is 0 Å².